The SMILES string of the molecule is O=C(Nc1ccc(Cl)cc1N1CCN(CCC(F)(F)F)CC1)c1ccc(CN2C[CH]NCC2)c(F)c1F. The van der Waals surface area contributed by atoms with E-state index in [1.54, 1.807) is 23.1 Å². The first kappa shape index (κ1) is 27.6. The van der Waals surface area contributed by atoms with Crippen molar-refractivity contribution in [2.45, 2.75) is 19.1 Å². The molecule has 2 heterocycles. The second-order valence-corrected chi connectivity index (χ2v) is 9.54. The lowest BCUT2D eigenvalue weighted by Crippen LogP contribution is -2.47. The zero-order valence-electron chi connectivity index (χ0n) is 20.1. The number of hydrogen-bond acceptors (Lipinski definition) is 5. The summed E-state index contributed by atoms with van der Waals surface area (Å²) in [6.45, 7) is 5.65. The fraction of sp³-hybridized carbons (Fsp3) is 0.440. The van der Waals surface area contributed by atoms with Crippen LogP contribution in [0.4, 0.5) is 33.3 Å². The van der Waals surface area contributed by atoms with Gasteiger partial charge in [0.2, 0.25) is 0 Å². The van der Waals surface area contributed by atoms with E-state index in [4.69, 9.17) is 11.6 Å². The smallest absolute Gasteiger partial charge is 0.367 e. The highest BCUT2D eigenvalue weighted by Gasteiger charge is 2.29. The van der Waals surface area contributed by atoms with Gasteiger partial charge in [0.05, 0.1) is 23.4 Å². The molecule has 0 bridgehead atoms. The van der Waals surface area contributed by atoms with Gasteiger partial charge in [-0.25, -0.2) is 8.78 Å². The molecule has 6 nitrogen and oxygen atoms in total. The van der Waals surface area contributed by atoms with Gasteiger partial charge in [0.25, 0.3) is 5.91 Å². The molecule has 201 valence electrons. The van der Waals surface area contributed by atoms with E-state index in [1.807, 2.05) is 16.3 Å². The Kier molecular flexibility index (Phi) is 8.89. The standard InChI is InChI=1S/C25H28ClF5N5O/c26-18-2-4-20(21(15-18)36-13-11-34(12-14-36)8-5-25(29,30)31)33-24(37)19-3-1-17(22(27)23(19)28)16-35-9-6-32-7-10-35/h1-4,6,15,32H,5,7-14,16H2,(H,33,37). The lowest BCUT2D eigenvalue weighted by Gasteiger charge is -2.37. The van der Waals surface area contributed by atoms with E-state index in [2.05, 4.69) is 10.6 Å². The minimum Gasteiger partial charge on any atom is -0.367 e. The molecule has 37 heavy (non-hydrogen) atoms. The third-order valence-corrected chi connectivity index (χ3v) is 6.73. The molecule has 2 aromatic rings. The Morgan fingerprint density at radius 3 is 2.43 bits per heavy atom. The highest BCUT2D eigenvalue weighted by Crippen LogP contribution is 2.31. The Balaban J connectivity index is 1.44. The molecule has 1 radical (unpaired) electrons. The topological polar surface area (TPSA) is 50.9 Å². The molecule has 4 rings (SSSR count). The van der Waals surface area contributed by atoms with Crippen molar-refractivity contribution < 1.29 is 26.7 Å². The fourth-order valence-corrected chi connectivity index (χ4v) is 4.61. The van der Waals surface area contributed by atoms with E-state index in [0.29, 0.717) is 55.7 Å². The molecular formula is C25H28ClF5N5O. The summed E-state index contributed by atoms with van der Waals surface area (Å²) >= 11 is 6.17. The zero-order chi connectivity index (χ0) is 26.6. The highest BCUT2D eigenvalue weighted by atomic mass is 35.5. The van der Waals surface area contributed by atoms with Crippen LogP contribution in [0, 0.1) is 18.2 Å². The van der Waals surface area contributed by atoms with Crippen LogP contribution in [0.15, 0.2) is 30.3 Å². The van der Waals surface area contributed by atoms with Crippen LogP contribution in [-0.2, 0) is 6.54 Å². The normalized spacial score (nSPS) is 17.7. The number of anilines is 2. The molecule has 2 aromatic carbocycles. The average Bonchev–Trinajstić information content (AvgIpc) is 2.87. The van der Waals surface area contributed by atoms with Gasteiger partial charge in [0.1, 0.15) is 0 Å². The Morgan fingerprint density at radius 1 is 1.00 bits per heavy atom. The summed E-state index contributed by atoms with van der Waals surface area (Å²) in [5, 5.41) is 6.12. The summed E-state index contributed by atoms with van der Waals surface area (Å²) in [4.78, 5) is 18.5. The number of carbonyl (C=O) groups excluding carboxylic acids is 1. The summed E-state index contributed by atoms with van der Waals surface area (Å²) in [6, 6.07) is 7.44. The van der Waals surface area contributed by atoms with Crippen molar-refractivity contribution >= 4 is 28.9 Å². The van der Waals surface area contributed by atoms with Crippen LogP contribution in [0.2, 0.25) is 5.02 Å². The second kappa shape index (κ2) is 11.9. The van der Waals surface area contributed by atoms with E-state index in [-0.39, 0.29) is 18.7 Å². The van der Waals surface area contributed by atoms with Gasteiger partial charge in [0.15, 0.2) is 11.6 Å². The number of alkyl halides is 3. The number of amides is 1. The number of benzene rings is 2. The molecule has 2 aliphatic rings. The quantitative estimate of drug-likeness (QED) is 0.502. The average molecular weight is 545 g/mol. The fourth-order valence-electron chi connectivity index (χ4n) is 4.44. The van der Waals surface area contributed by atoms with Crippen LogP contribution >= 0.6 is 11.6 Å². The first-order valence-electron chi connectivity index (χ1n) is 12.0. The van der Waals surface area contributed by atoms with Crippen LogP contribution in [0.5, 0.6) is 0 Å². The predicted octanol–water partition coefficient (Wildman–Crippen LogP) is 4.51. The van der Waals surface area contributed by atoms with Gasteiger partial charge in [-0.15, -0.1) is 0 Å². The monoisotopic (exact) mass is 544 g/mol. The third kappa shape index (κ3) is 7.31. The largest absolute Gasteiger partial charge is 0.390 e. The van der Waals surface area contributed by atoms with Gasteiger partial charge in [0, 0.05) is 76.0 Å². The van der Waals surface area contributed by atoms with E-state index in [9.17, 15) is 26.7 Å². The number of nitrogens with zero attached hydrogens (tertiary/aromatic N) is 3. The molecular weight excluding hydrogens is 517 g/mol. The van der Waals surface area contributed by atoms with E-state index < -0.39 is 35.7 Å². The van der Waals surface area contributed by atoms with Gasteiger partial charge in [-0.1, -0.05) is 17.7 Å². The lowest BCUT2D eigenvalue weighted by atomic mass is 10.1. The van der Waals surface area contributed by atoms with Gasteiger partial charge in [-0.2, -0.15) is 13.2 Å². The molecule has 0 aromatic heterocycles. The number of hydrogen-bond donors (Lipinski definition) is 2. The molecule has 0 unspecified atom stereocenters. The van der Waals surface area contributed by atoms with Crippen LogP contribution in [0.3, 0.4) is 0 Å². The van der Waals surface area contributed by atoms with Crippen molar-refractivity contribution in [3.05, 3.63) is 64.7 Å². The summed E-state index contributed by atoms with van der Waals surface area (Å²) in [6.07, 6.45) is -5.09. The van der Waals surface area contributed by atoms with Crippen LogP contribution in [-0.4, -0.2) is 74.2 Å². The minimum absolute atomic E-state index is 0.0791. The maximum absolute atomic E-state index is 14.9. The minimum atomic E-state index is -4.21. The molecule has 0 spiro atoms. The Morgan fingerprint density at radius 2 is 1.76 bits per heavy atom. The lowest BCUT2D eigenvalue weighted by molar-refractivity contribution is -0.138. The molecule has 0 atom stereocenters. The van der Waals surface area contributed by atoms with Crippen molar-refractivity contribution in [1.82, 2.24) is 15.1 Å². The summed E-state index contributed by atoms with van der Waals surface area (Å²) < 4.78 is 67.3. The van der Waals surface area contributed by atoms with Gasteiger partial charge < -0.3 is 15.5 Å². The molecule has 2 fully saturated rings. The van der Waals surface area contributed by atoms with Crippen molar-refractivity contribution in [2.75, 3.05) is 62.6 Å². The summed E-state index contributed by atoms with van der Waals surface area (Å²) in [5.74, 6) is -3.09. The van der Waals surface area contributed by atoms with Crippen molar-refractivity contribution in [1.29, 1.82) is 0 Å². The molecule has 0 aliphatic carbocycles. The number of rotatable bonds is 7. The third-order valence-electron chi connectivity index (χ3n) is 6.50. The molecule has 2 N–H and O–H groups in total. The Bertz CT molecular complexity index is 1100. The maximum Gasteiger partial charge on any atom is 0.390 e. The van der Waals surface area contributed by atoms with E-state index in [1.165, 1.54) is 12.1 Å². The van der Waals surface area contributed by atoms with Crippen molar-refractivity contribution in [3.63, 3.8) is 0 Å². The van der Waals surface area contributed by atoms with E-state index in [0.717, 1.165) is 6.54 Å². The number of piperazine rings is 2. The number of nitrogens with one attached hydrogen (secondary N) is 2. The van der Waals surface area contributed by atoms with Crippen LogP contribution in [0.25, 0.3) is 0 Å². The first-order chi connectivity index (χ1) is 17.6. The number of carbonyl (C=O) groups is 1. The summed E-state index contributed by atoms with van der Waals surface area (Å²) in [7, 11) is 0. The van der Waals surface area contributed by atoms with E-state index >= 15 is 0 Å². The first-order valence-corrected chi connectivity index (χ1v) is 12.4. The van der Waals surface area contributed by atoms with Gasteiger partial charge >= 0.3 is 6.18 Å². The second-order valence-electron chi connectivity index (χ2n) is 9.10. The highest BCUT2D eigenvalue weighted by molar-refractivity contribution is 6.31. The molecule has 2 aliphatic heterocycles. The van der Waals surface area contributed by atoms with Crippen LogP contribution in [0.1, 0.15) is 22.3 Å². The van der Waals surface area contributed by atoms with Gasteiger partial charge in [-0.3, -0.25) is 14.6 Å². The molecule has 2 saturated heterocycles. The maximum atomic E-state index is 14.9. The van der Waals surface area contributed by atoms with Crippen molar-refractivity contribution in [3.8, 4) is 0 Å². The summed E-state index contributed by atoms with van der Waals surface area (Å²) in [5.41, 5.74) is 0.646. The predicted molar refractivity (Wildman–Crippen MR) is 133 cm³/mol. The number of halogens is 6. The Hall–Kier alpha value is -2.47. The van der Waals surface area contributed by atoms with Crippen molar-refractivity contribution in [2.24, 2.45) is 0 Å². The molecule has 0 saturated carbocycles. The molecule has 1 amide bonds. The Labute approximate surface area is 217 Å². The zero-order valence-corrected chi connectivity index (χ0v) is 20.8. The van der Waals surface area contributed by atoms with Gasteiger partial charge in [-0.05, 0) is 24.3 Å². The molecule has 12 heteroatoms. The van der Waals surface area contributed by atoms with Crippen LogP contribution < -0.4 is 15.5 Å².